The lowest BCUT2D eigenvalue weighted by molar-refractivity contribution is 0.0904. The van der Waals surface area contributed by atoms with Crippen molar-refractivity contribution >= 4 is 22.7 Å². The molecule has 33 heavy (non-hydrogen) atoms. The van der Waals surface area contributed by atoms with E-state index >= 15 is 0 Å². The monoisotopic (exact) mass is 451 g/mol. The maximum absolute atomic E-state index is 5.72. The van der Waals surface area contributed by atoms with E-state index in [-0.39, 0.29) is 0 Å². The minimum absolute atomic E-state index is 0.334. The summed E-state index contributed by atoms with van der Waals surface area (Å²) in [4.78, 5) is 14.5. The van der Waals surface area contributed by atoms with E-state index in [1.54, 1.807) is 7.11 Å². The number of ether oxygens (including phenoxy) is 3. The first kappa shape index (κ1) is 22.2. The highest BCUT2D eigenvalue weighted by Crippen LogP contribution is 2.31. The Labute approximate surface area is 195 Å². The molecule has 0 aliphatic carbocycles. The molecule has 0 saturated carbocycles. The first-order valence-corrected chi connectivity index (χ1v) is 12.1. The Morgan fingerprint density at radius 1 is 1.03 bits per heavy atom. The fraction of sp³-hybridized carbons (Fsp3) is 0.600. The molecule has 0 amide bonds. The Hall–Kier alpha value is -2.60. The molecule has 1 N–H and O–H groups in total. The largest absolute Gasteiger partial charge is 0.495 e. The lowest BCUT2D eigenvalue weighted by Crippen LogP contribution is -2.37. The molecule has 0 atom stereocenters. The third-order valence-corrected chi connectivity index (χ3v) is 6.59. The quantitative estimate of drug-likeness (QED) is 0.696. The molecular formula is C25H33N5O3. The molecular weight excluding hydrogens is 418 g/mol. The molecule has 0 radical (unpaired) electrons. The summed E-state index contributed by atoms with van der Waals surface area (Å²) in [5.74, 6) is 9.02. The third-order valence-electron chi connectivity index (χ3n) is 6.59. The van der Waals surface area contributed by atoms with Gasteiger partial charge in [-0.2, -0.15) is 4.98 Å². The van der Waals surface area contributed by atoms with Gasteiger partial charge in [-0.3, -0.25) is 4.90 Å². The van der Waals surface area contributed by atoms with Gasteiger partial charge in [-0.15, -0.1) is 0 Å². The molecule has 3 aliphatic heterocycles. The average molecular weight is 452 g/mol. The van der Waals surface area contributed by atoms with E-state index in [2.05, 4.69) is 27.0 Å². The van der Waals surface area contributed by atoms with Crippen LogP contribution >= 0.6 is 0 Å². The molecule has 8 heteroatoms. The van der Waals surface area contributed by atoms with Crippen LogP contribution in [0.2, 0.25) is 0 Å². The van der Waals surface area contributed by atoms with Crippen LogP contribution in [-0.2, 0) is 9.47 Å². The predicted molar refractivity (Wildman–Crippen MR) is 129 cm³/mol. The number of morpholine rings is 1. The van der Waals surface area contributed by atoms with Crippen LogP contribution in [-0.4, -0.2) is 87.2 Å². The zero-order chi connectivity index (χ0) is 22.5. The average Bonchev–Trinajstić information content (AvgIpc) is 3.38. The molecule has 3 aliphatic rings. The van der Waals surface area contributed by atoms with E-state index < -0.39 is 0 Å². The number of benzene rings is 1. The second-order valence-corrected chi connectivity index (χ2v) is 8.86. The number of rotatable bonds is 5. The van der Waals surface area contributed by atoms with Gasteiger partial charge in [0.25, 0.3) is 0 Å². The summed E-state index contributed by atoms with van der Waals surface area (Å²) in [5, 5.41) is 4.63. The van der Waals surface area contributed by atoms with E-state index in [1.807, 2.05) is 12.1 Å². The van der Waals surface area contributed by atoms with E-state index in [1.165, 1.54) is 12.8 Å². The van der Waals surface area contributed by atoms with Crippen LogP contribution in [0.3, 0.4) is 0 Å². The Morgan fingerprint density at radius 2 is 1.79 bits per heavy atom. The number of methoxy groups -OCH3 is 1. The van der Waals surface area contributed by atoms with E-state index in [9.17, 15) is 0 Å². The summed E-state index contributed by atoms with van der Waals surface area (Å²) < 4.78 is 16.8. The number of hydrogen-bond donors (Lipinski definition) is 1. The number of anilines is 2. The summed E-state index contributed by atoms with van der Waals surface area (Å²) in [6.45, 7) is 7.60. The van der Waals surface area contributed by atoms with Gasteiger partial charge < -0.3 is 24.4 Å². The minimum Gasteiger partial charge on any atom is -0.495 e. The van der Waals surface area contributed by atoms with Gasteiger partial charge >= 0.3 is 0 Å². The van der Waals surface area contributed by atoms with Gasteiger partial charge in [-0.05, 0) is 50.9 Å². The van der Waals surface area contributed by atoms with Crippen molar-refractivity contribution in [2.45, 2.75) is 31.7 Å². The maximum Gasteiger partial charge on any atom is 0.228 e. The third kappa shape index (κ3) is 5.32. The minimum atomic E-state index is 0.334. The van der Waals surface area contributed by atoms with Gasteiger partial charge in [-0.25, -0.2) is 4.98 Å². The standard InChI is InChI=1S/C25H33N5O3/c1-31-23-18-21-22(17-19(23)5-4-10-29-8-2-3-9-29)27-25(30-11-15-33-16-12-30)28-24(21)26-20-6-13-32-14-7-20/h17-18,20H,2-3,6-16H2,1H3,(H,26,27,28). The highest BCUT2D eigenvalue weighted by molar-refractivity contribution is 5.92. The molecule has 8 nitrogen and oxygen atoms in total. The zero-order valence-corrected chi connectivity index (χ0v) is 19.4. The fourth-order valence-corrected chi connectivity index (χ4v) is 4.65. The van der Waals surface area contributed by atoms with Crippen molar-refractivity contribution in [3.63, 3.8) is 0 Å². The van der Waals surface area contributed by atoms with Gasteiger partial charge in [-0.1, -0.05) is 11.8 Å². The zero-order valence-electron chi connectivity index (χ0n) is 19.4. The van der Waals surface area contributed by atoms with Crippen molar-refractivity contribution in [3.05, 3.63) is 17.7 Å². The van der Waals surface area contributed by atoms with Crippen LogP contribution in [0.5, 0.6) is 5.75 Å². The number of nitrogens with one attached hydrogen (secondary N) is 1. The normalized spacial score (nSPS) is 20.0. The van der Waals surface area contributed by atoms with E-state index in [0.717, 1.165) is 92.8 Å². The highest BCUT2D eigenvalue weighted by atomic mass is 16.5. The topological polar surface area (TPSA) is 72.0 Å². The molecule has 0 spiro atoms. The van der Waals surface area contributed by atoms with Crippen LogP contribution < -0.4 is 15.0 Å². The number of likely N-dealkylation sites (tertiary alicyclic amines) is 1. The highest BCUT2D eigenvalue weighted by Gasteiger charge is 2.21. The number of hydrogen-bond acceptors (Lipinski definition) is 8. The van der Waals surface area contributed by atoms with Crippen LogP contribution in [0, 0.1) is 11.8 Å². The summed E-state index contributed by atoms with van der Waals surface area (Å²) in [5.41, 5.74) is 1.75. The second-order valence-electron chi connectivity index (χ2n) is 8.86. The second kappa shape index (κ2) is 10.6. The van der Waals surface area contributed by atoms with E-state index in [4.69, 9.17) is 24.2 Å². The predicted octanol–water partition coefficient (Wildman–Crippen LogP) is 2.51. The first-order valence-electron chi connectivity index (χ1n) is 12.1. The number of nitrogens with zero attached hydrogens (tertiary/aromatic N) is 4. The van der Waals surface area contributed by atoms with E-state index in [0.29, 0.717) is 19.3 Å². The van der Waals surface area contributed by atoms with Crippen molar-refractivity contribution in [1.29, 1.82) is 0 Å². The first-order chi connectivity index (χ1) is 16.3. The lowest BCUT2D eigenvalue weighted by Gasteiger charge is -2.28. The maximum atomic E-state index is 5.72. The summed E-state index contributed by atoms with van der Waals surface area (Å²) in [6, 6.07) is 4.41. The van der Waals surface area contributed by atoms with Crippen molar-refractivity contribution in [2.75, 3.05) is 76.5 Å². The van der Waals surface area contributed by atoms with Crippen LogP contribution in [0.4, 0.5) is 11.8 Å². The molecule has 3 fully saturated rings. The van der Waals surface area contributed by atoms with Crippen molar-refractivity contribution in [1.82, 2.24) is 14.9 Å². The summed E-state index contributed by atoms with van der Waals surface area (Å²) in [6.07, 6.45) is 4.47. The Balaban J connectivity index is 1.50. The Bertz CT molecular complexity index is 1020. The molecule has 2 aromatic rings. The summed E-state index contributed by atoms with van der Waals surface area (Å²) in [7, 11) is 1.70. The van der Waals surface area contributed by atoms with Gasteiger partial charge in [0.2, 0.25) is 5.95 Å². The molecule has 1 aromatic carbocycles. The van der Waals surface area contributed by atoms with Gasteiger partial charge in [0.1, 0.15) is 11.6 Å². The van der Waals surface area contributed by atoms with Gasteiger partial charge in [0.15, 0.2) is 0 Å². The number of aromatic nitrogens is 2. The lowest BCUT2D eigenvalue weighted by atomic mass is 10.1. The molecule has 1 aromatic heterocycles. The molecule has 176 valence electrons. The Kier molecular flexibility index (Phi) is 7.10. The van der Waals surface area contributed by atoms with Crippen molar-refractivity contribution in [3.8, 4) is 17.6 Å². The molecule has 4 heterocycles. The fourth-order valence-electron chi connectivity index (χ4n) is 4.65. The van der Waals surface area contributed by atoms with Crippen molar-refractivity contribution in [2.24, 2.45) is 0 Å². The van der Waals surface area contributed by atoms with Crippen LogP contribution in [0.15, 0.2) is 12.1 Å². The SMILES string of the molecule is COc1cc2c(NC3CCOCC3)nc(N3CCOCC3)nc2cc1C#CCN1CCCC1. The van der Waals surface area contributed by atoms with Crippen LogP contribution in [0.25, 0.3) is 10.9 Å². The van der Waals surface area contributed by atoms with Crippen LogP contribution in [0.1, 0.15) is 31.2 Å². The smallest absolute Gasteiger partial charge is 0.228 e. The number of fused-ring (bicyclic) bond motifs is 1. The summed E-state index contributed by atoms with van der Waals surface area (Å²) >= 11 is 0. The molecule has 0 bridgehead atoms. The molecule has 3 saturated heterocycles. The Morgan fingerprint density at radius 3 is 2.55 bits per heavy atom. The van der Waals surface area contributed by atoms with Gasteiger partial charge in [0.05, 0.1) is 37.9 Å². The molecule has 5 rings (SSSR count). The van der Waals surface area contributed by atoms with Crippen molar-refractivity contribution < 1.29 is 14.2 Å². The molecule has 0 unspecified atom stereocenters. The van der Waals surface area contributed by atoms with Gasteiger partial charge in [0, 0.05) is 37.7 Å².